The van der Waals surface area contributed by atoms with Gasteiger partial charge in [0.1, 0.15) is 0 Å². The van der Waals surface area contributed by atoms with Crippen molar-refractivity contribution < 1.29 is 0 Å². The lowest BCUT2D eigenvalue weighted by Gasteiger charge is -2.17. The van der Waals surface area contributed by atoms with Crippen molar-refractivity contribution >= 4 is 21.6 Å². The molecule has 4 nitrogen and oxygen atoms in total. The molecule has 1 aliphatic heterocycles. The average Bonchev–Trinajstić information content (AvgIpc) is 2.97. The van der Waals surface area contributed by atoms with Crippen LogP contribution in [-0.4, -0.2) is 22.9 Å². The summed E-state index contributed by atoms with van der Waals surface area (Å²) >= 11 is 3.50. The van der Waals surface area contributed by atoms with E-state index in [0.717, 1.165) is 28.8 Å². The van der Waals surface area contributed by atoms with E-state index in [1.807, 2.05) is 24.3 Å². The highest BCUT2D eigenvalue weighted by molar-refractivity contribution is 9.10. The third-order valence-corrected chi connectivity index (χ3v) is 4.38. The molecule has 1 aromatic heterocycles. The Morgan fingerprint density at radius 3 is 2.65 bits per heavy atom. The molecule has 1 aromatic carbocycles. The second-order valence-electron chi connectivity index (χ2n) is 5.00. The number of anilines is 1. The van der Waals surface area contributed by atoms with Gasteiger partial charge in [-0.3, -0.25) is 4.79 Å². The van der Waals surface area contributed by atoms with Crippen molar-refractivity contribution in [2.24, 2.45) is 0 Å². The van der Waals surface area contributed by atoms with Crippen molar-refractivity contribution in [1.82, 2.24) is 9.78 Å². The maximum Gasteiger partial charge on any atom is 0.269 e. The second-order valence-corrected chi connectivity index (χ2v) is 5.85. The summed E-state index contributed by atoms with van der Waals surface area (Å²) in [6, 6.07) is 9.57. The van der Waals surface area contributed by atoms with Crippen molar-refractivity contribution in [1.29, 1.82) is 0 Å². The van der Waals surface area contributed by atoms with Gasteiger partial charge in [-0.1, -0.05) is 34.1 Å². The predicted octanol–water partition coefficient (Wildman–Crippen LogP) is 2.65. The summed E-state index contributed by atoms with van der Waals surface area (Å²) in [5.74, 6) is 0. The van der Waals surface area contributed by atoms with Crippen LogP contribution < -0.4 is 10.5 Å². The topological polar surface area (TPSA) is 38.1 Å². The van der Waals surface area contributed by atoms with Gasteiger partial charge in [0, 0.05) is 23.6 Å². The maximum absolute atomic E-state index is 12.2. The molecule has 0 saturated carbocycles. The first kappa shape index (κ1) is 13.4. The molecule has 0 radical (unpaired) electrons. The van der Waals surface area contributed by atoms with Gasteiger partial charge in [-0.2, -0.15) is 5.10 Å². The monoisotopic (exact) mass is 333 g/mol. The summed E-state index contributed by atoms with van der Waals surface area (Å²) in [5, 5.41) is 4.30. The molecule has 0 spiro atoms. The van der Waals surface area contributed by atoms with E-state index >= 15 is 0 Å². The zero-order chi connectivity index (χ0) is 13.9. The Bertz CT molecular complexity index is 662. The Labute approximate surface area is 126 Å². The van der Waals surface area contributed by atoms with Crippen molar-refractivity contribution in [3.63, 3.8) is 0 Å². The van der Waals surface area contributed by atoms with E-state index in [1.54, 1.807) is 12.3 Å². The first-order chi connectivity index (χ1) is 9.74. The van der Waals surface area contributed by atoms with Gasteiger partial charge < -0.3 is 4.90 Å². The zero-order valence-electron chi connectivity index (χ0n) is 11.1. The number of aromatic nitrogens is 2. The van der Waals surface area contributed by atoms with E-state index in [9.17, 15) is 4.79 Å². The van der Waals surface area contributed by atoms with Crippen molar-refractivity contribution in [2.75, 3.05) is 18.0 Å². The first-order valence-electron chi connectivity index (χ1n) is 6.79. The van der Waals surface area contributed by atoms with Gasteiger partial charge in [-0.25, -0.2) is 4.68 Å². The molecule has 1 fully saturated rings. The molecule has 20 heavy (non-hydrogen) atoms. The Hall–Kier alpha value is -1.62. The highest BCUT2D eigenvalue weighted by Crippen LogP contribution is 2.18. The summed E-state index contributed by atoms with van der Waals surface area (Å²) < 4.78 is 2.50. The molecule has 104 valence electrons. The van der Waals surface area contributed by atoms with Crippen LogP contribution in [0.25, 0.3) is 0 Å². The van der Waals surface area contributed by atoms with Crippen molar-refractivity contribution in [2.45, 2.75) is 19.4 Å². The molecular weight excluding hydrogens is 318 g/mol. The molecular formula is C15H16BrN3O. The van der Waals surface area contributed by atoms with Crippen molar-refractivity contribution in [3.05, 3.63) is 56.9 Å². The summed E-state index contributed by atoms with van der Waals surface area (Å²) in [5.41, 5.74) is 1.94. The number of benzene rings is 1. The normalized spacial score (nSPS) is 14.8. The fraction of sp³-hybridized carbons (Fsp3) is 0.333. The van der Waals surface area contributed by atoms with Crippen LogP contribution in [0.2, 0.25) is 0 Å². The predicted molar refractivity (Wildman–Crippen MR) is 83.2 cm³/mol. The fourth-order valence-corrected chi connectivity index (χ4v) is 2.89. The van der Waals surface area contributed by atoms with Crippen LogP contribution in [0.3, 0.4) is 0 Å². The third-order valence-electron chi connectivity index (χ3n) is 3.60. The molecule has 0 bridgehead atoms. The van der Waals surface area contributed by atoms with E-state index in [4.69, 9.17) is 0 Å². The first-order valence-corrected chi connectivity index (χ1v) is 7.59. The summed E-state index contributed by atoms with van der Waals surface area (Å²) in [6.07, 6.45) is 4.18. The van der Waals surface area contributed by atoms with Gasteiger partial charge in [0.05, 0.1) is 18.4 Å². The van der Waals surface area contributed by atoms with Crippen LogP contribution in [0.5, 0.6) is 0 Å². The Balaban J connectivity index is 1.84. The van der Waals surface area contributed by atoms with E-state index in [-0.39, 0.29) is 5.56 Å². The second kappa shape index (κ2) is 5.79. The smallest absolute Gasteiger partial charge is 0.269 e. The highest BCUT2D eigenvalue weighted by atomic mass is 79.9. The number of hydrogen-bond acceptors (Lipinski definition) is 3. The van der Waals surface area contributed by atoms with E-state index in [1.165, 1.54) is 17.5 Å². The van der Waals surface area contributed by atoms with Crippen LogP contribution in [0.1, 0.15) is 18.4 Å². The molecule has 0 atom stereocenters. The van der Waals surface area contributed by atoms with Gasteiger partial charge in [0.2, 0.25) is 0 Å². The number of nitrogens with zero attached hydrogens (tertiary/aromatic N) is 3. The Morgan fingerprint density at radius 1 is 1.20 bits per heavy atom. The average molecular weight is 334 g/mol. The van der Waals surface area contributed by atoms with Crippen LogP contribution in [0.15, 0.2) is 45.8 Å². The molecule has 1 aliphatic rings. The summed E-state index contributed by atoms with van der Waals surface area (Å²) in [4.78, 5) is 14.4. The minimum atomic E-state index is -0.0508. The van der Waals surface area contributed by atoms with Crippen molar-refractivity contribution in [3.8, 4) is 0 Å². The minimum Gasteiger partial charge on any atom is -0.370 e. The molecule has 1 saturated heterocycles. The molecule has 0 N–H and O–H groups in total. The lowest BCUT2D eigenvalue weighted by Crippen LogP contribution is -2.26. The Morgan fingerprint density at radius 2 is 1.95 bits per heavy atom. The van der Waals surface area contributed by atoms with Gasteiger partial charge >= 0.3 is 0 Å². The molecule has 0 aliphatic carbocycles. The standard InChI is InChI=1S/C15H16BrN3O/c16-14-6-2-1-5-12(14)11-19-15(20)9-13(10-17-19)18-7-3-4-8-18/h1-2,5-6,9-10H,3-4,7-8,11H2. The fourth-order valence-electron chi connectivity index (χ4n) is 2.48. The Kier molecular flexibility index (Phi) is 3.87. The van der Waals surface area contributed by atoms with E-state index in [2.05, 4.69) is 25.9 Å². The SMILES string of the molecule is O=c1cc(N2CCCC2)cnn1Cc1ccccc1Br. The third kappa shape index (κ3) is 2.77. The molecule has 2 heterocycles. The van der Waals surface area contributed by atoms with E-state index in [0.29, 0.717) is 6.54 Å². The van der Waals surface area contributed by atoms with Gasteiger partial charge in [-0.05, 0) is 24.5 Å². The lowest BCUT2D eigenvalue weighted by molar-refractivity contribution is 0.636. The summed E-state index contributed by atoms with van der Waals surface area (Å²) in [7, 11) is 0. The molecule has 2 aromatic rings. The number of halogens is 1. The maximum atomic E-state index is 12.2. The summed E-state index contributed by atoms with van der Waals surface area (Å²) in [6.45, 7) is 2.53. The van der Waals surface area contributed by atoms with Gasteiger partial charge in [0.25, 0.3) is 5.56 Å². The van der Waals surface area contributed by atoms with E-state index < -0.39 is 0 Å². The quantitative estimate of drug-likeness (QED) is 0.866. The van der Waals surface area contributed by atoms with Crippen LogP contribution >= 0.6 is 15.9 Å². The lowest BCUT2D eigenvalue weighted by atomic mass is 10.2. The molecule has 0 amide bonds. The highest BCUT2D eigenvalue weighted by Gasteiger charge is 2.13. The minimum absolute atomic E-state index is 0.0508. The van der Waals surface area contributed by atoms with Gasteiger partial charge in [0.15, 0.2) is 0 Å². The molecule has 3 rings (SSSR count). The largest absolute Gasteiger partial charge is 0.370 e. The number of rotatable bonds is 3. The van der Waals surface area contributed by atoms with Crippen LogP contribution in [0.4, 0.5) is 5.69 Å². The number of hydrogen-bond donors (Lipinski definition) is 0. The molecule has 5 heteroatoms. The van der Waals surface area contributed by atoms with Crippen LogP contribution in [-0.2, 0) is 6.54 Å². The van der Waals surface area contributed by atoms with Crippen LogP contribution in [0, 0.1) is 0 Å². The zero-order valence-corrected chi connectivity index (χ0v) is 12.7. The van der Waals surface area contributed by atoms with Gasteiger partial charge in [-0.15, -0.1) is 0 Å². The molecule has 0 unspecified atom stereocenters.